The highest BCUT2D eigenvalue weighted by Crippen LogP contribution is 2.21. The van der Waals surface area contributed by atoms with Crippen LogP contribution < -0.4 is 20.9 Å². The number of carbonyl (C=O) groups excluding carboxylic acids is 3. The van der Waals surface area contributed by atoms with Crippen LogP contribution in [0.4, 0.5) is 10.1 Å². The van der Waals surface area contributed by atoms with Gasteiger partial charge in [0.05, 0.1) is 18.1 Å². The van der Waals surface area contributed by atoms with E-state index in [2.05, 4.69) is 16.2 Å². The number of amides is 3. The van der Waals surface area contributed by atoms with E-state index in [0.717, 1.165) is 17.3 Å². The zero-order chi connectivity index (χ0) is 22.6. The summed E-state index contributed by atoms with van der Waals surface area (Å²) in [6, 6.07) is 10.7. The van der Waals surface area contributed by atoms with Crippen LogP contribution in [-0.4, -0.2) is 35.8 Å². The molecule has 7 nitrogen and oxygen atoms in total. The summed E-state index contributed by atoms with van der Waals surface area (Å²) in [5.74, 6) is -0.737. The zero-order valence-corrected chi connectivity index (χ0v) is 18.4. The lowest BCUT2D eigenvalue weighted by atomic mass is 10.2. The first-order chi connectivity index (χ1) is 14.8. The fourth-order valence-corrected chi connectivity index (χ4v) is 3.24. The fourth-order valence-electron chi connectivity index (χ4n) is 2.39. The number of rotatable bonds is 10. The van der Waals surface area contributed by atoms with E-state index in [1.165, 1.54) is 24.3 Å². The number of ether oxygens (including phenoxy) is 1. The maximum absolute atomic E-state index is 12.8. The molecule has 31 heavy (non-hydrogen) atoms. The van der Waals surface area contributed by atoms with Gasteiger partial charge in [0.25, 0.3) is 0 Å². The van der Waals surface area contributed by atoms with Crippen molar-refractivity contribution in [2.75, 3.05) is 23.4 Å². The third-order valence-corrected chi connectivity index (χ3v) is 5.05. The third-order valence-electron chi connectivity index (χ3n) is 3.88. The molecular formula is C21H23ClFN3O4S. The van der Waals surface area contributed by atoms with Crippen LogP contribution >= 0.6 is 23.4 Å². The molecule has 2 aromatic carbocycles. The van der Waals surface area contributed by atoms with Crippen molar-refractivity contribution in [3.63, 3.8) is 0 Å². The Morgan fingerprint density at radius 1 is 1.00 bits per heavy atom. The molecule has 0 unspecified atom stereocenters. The number of hydrogen-bond acceptors (Lipinski definition) is 5. The zero-order valence-electron chi connectivity index (χ0n) is 16.9. The summed E-state index contributed by atoms with van der Waals surface area (Å²) in [4.78, 5) is 35.3. The third kappa shape index (κ3) is 9.71. The minimum absolute atomic E-state index is 0.00390. The average Bonchev–Trinajstić information content (AvgIpc) is 2.72. The van der Waals surface area contributed by atoms with Gasteiger partial charge in [-0.15, -0.1) is 11.8 Å². The van der Waals surface area contributed by atoms with Crippen molar-refractivity contribution in [3.05, 3.63) is 58.9 Å². The molecule has 0 radical (unpaired) electrons. The molecular weight excluding hydrogens is 445 g/mol. The van der Waals surface area contributed by atoms with Crippen molar-refractivity contribution in [1.29, 1.82) is 0 Å². The number of anilines is 1. The molecule has 0 saturated carbocycles. The first kappa shape index (κ1) is 24.5. The number of halogens is 2. The molecule has 0 aliphatic heterocycles. The van der Waals surface area contributed by atoms with E-state index in [0.29, 0.717) is 29.5 Å². The number of thioether (sulfide) groups is 1. The van der Waals surface area contributed by atoms with Crippen molar-refractivity contribution < 1.29 is 23.5 Å². The highest BCUT2D eigenvalue weighted by molar-refractivity contribution is 8.00. The van der Waals surface area contributed by atoms with Crippen molar-refractivity contribution in [3.8, 4) is 5.75 Å². The molecule has 0 bridgehead atoms. The molecule has 0 heterocycles. The minimum Gasteiger partial charge on any atom is -0.493 e. The molecule has 0 aliphatic rings. The van der Waals surface area contributed by atoms with Crippen LogP contribution in [-0.2, 0) is 14.4 Å². The smallest absolute Gasteiger partial charge is 0.248 e. The number of aryl methyl sites for hydroxylation is 1. The second kappa shape index (κ2) is 12.8. The Kier molecular flexibility index (Phi) is 10.1. The van der Waals surface area contributed by atoms with E-state index >= 15 is 0 Å². The second-order valence-electron chi connectivity index (χ2n) is 6.51. The lowest BCUT2D eigenvalue weighted by Crippen LogP contribution is -2.42. The Labute approximate surface area is 189 Å². The average molecular weight is 468 g/mol. The number of hydrogen-bond donors (Lipinski definition) is 3. The summed E-state index contributed by atoms with van der Waals surface area (Å²) in [7, 11) is 0. The topological polar surface area (TPSA) is 96.5 Å². The van der Waals surface area contributed by atoms with Crippen molar-refractivity contribution in [1.82, 2.24) is 10.9 Å². The van der Waals surface area contributed by atoms with Gasteiger partial charge in [0.2, 0.25) is 17.7 Å². The standard InChI is InChI=1S/C21H23ClFN3O4S/c1-14-11-15(22)4-9-18(14)30-10-2-3-19(27)25-26-21(29)13-31-12-20(28)24-17-7-5-16(23)6-8-17/h4-9,11H,2-3,10,12-13H2,1H3,(H,24,28)(H,25,27)(H,26,29). The van der Waals surface area contributed by atoms with Crippen LogP contribution in [0, 0.1) is 12.7 Å². The summed E-state index contributed by atoms with van der Waals surface area (Å²) >= 11 is 6.98. The summed E-state index contributed by atoms with van der Waals surface area (Å²) < 4.78 is 18.4. The molecule has 0 saturated heterocycles. The van der Waals surface area contributed by atoms with E-state index < -0.39 is 11.7 Å². The molecule has 0 aromatic heterocycles. The van der Waals surface area contributed by atoms with Gasteiger partial charge < -0.3 is 10.1 Å². The number of benzene rings is 2. The van der Waals surface area contributed by atoms with Crippen molar-refractivity contribution >= 4 is 46.8 Å². The fraction of sp³-hybridized carbons (Fsp3) is 0.286. The quantitative estimate of drug-likeness (QED) is 0.367. The van der Waals surface area contributed by atoms with Gasteiger partial charge in [-0.2, -0.15) is 0 Å². The van der Waals surface area contributed by atoms with Gasteiger partial charge in [-0.3, -0.25) is 25.2 Å². The Hall–Kier alpha value is -2.78. The van der Waals surface area contributed by atoms with E-state index in [9.17, 15) is 18.8 Å². The van der Waals surface area contributed by atoms with Crippen molar-refractivity contribution in [2.45, 2.75) is 19.8 Å². The first-order valence-electron chi connectivity index (χ1n) is 9.43. The highest BCUT2D eigenvalue weighted by Gasteiger charge is 2.08. The lowest BCUT2D eigenvalue weighted by Gasteiger charge is -2.10. The van der Waals surface area contributed by atoms with E-state index in [4.69, 9.17) is 16.3 Å². The maximum atomic E-state index is 12.8. The van der Waals surface area contributed by atoms with Crippen LogP contribution in [0.2, 0.25) is 5.02 Å². The molecule has 166 valence electrons. The Bertz CT molecular complexity index is 912. The molecule has 0 atom stereocenters. The Morgan fingerprint density at radius 3 is 2.39 bits per heavy atom. The second-order valence-corrected chi connectivity index (χ2v) is 7.93. The van der Waals surface area contributed by atoms with Gasteiger partial charge in [-0.25, -0.2) is 4.39 Å². The van der Waals surface area contributed by atoms with E-state index in [1.54, 1.807) is 18.2 Å². The number of hydrazine groups is 1. The lowest BCUT2D eigenvalue weighted by molar-refractivity contribution is -0.127. The highest BCUT2D eigenvalue weighted by atomic mass is 35.5. The van der Waals surface area contributed by atoms with Crippen LogP contribution in [0.15, 0.2) is 42.5 Å². The molecule has 3 amide bonds. The van der Waals surface area contributed by atoms with E-state index in [-0.39, 0.29) is 29.7 Å². The van der Waals surface area contributed by atoms with Gasteiger partial charge >= 0.3 is 0 Å². The van der Waals surface area contributed by atoms with Gasteiger partial charge in [0.15, 0.2) is 0 Å². The molecule has 10 heteroatoms. The summed E-state index contributed by atoms with van der Waals surface area (Å²) in [6.07, 6.45) is 0.655. The normalized spacial score (nSPS) is 10.3. The molecule has 0 fully saturated rings. The first-order valence-corrected chi connectivity index (χ1v) is 11.0. The van der Waals surface area contributed by atoms with Gasteiger partial charge in [-0.1, -0.05) is 11.6 Å². The summed E-state index contributed by atoms with van der Waals surface area (Å²) in [5, 5.41) is 3.22. The van der Waals surface area contributed by atoms with Crippen LogP contribution in [0.1, 0.15) is 18.4 Å². The molecule has 0 spiro atoms. The van der Waals surface area contributed by atoms with Gasteiger partial charge in [0.1, 0.15) is 11.6 Å². The number of nitrogens with one attached hydrogen (secondary N) is 3. The van der Waals surface area contributed by atoms with Gasteiger partial charge in [-0.05, 0) is 61.4 Å². The Balaban J connectivity index is 1.53. The molecule has 3 N–H and O–H groups in total. The predicted molar refractivity (Wildman–Crippen MR) is 120 cm³/mol. The van der Waals surface area contributed by atoms with E-state index in [1.807, 2.05) is 6.92 Å². The van der Waals surface area contributed by atoms with Crippen LogP contribution in [0.5, 0.6) is 5.75 Å². The molecule has 2 aromatic rings. The largest absolute Gasteiger partial charge is 0.493 e. The molecule has 2 rings (SSSR count). The number of carbonyl (C=O) groups is 3. The van der Waals surface area contributed by atoms with Crippen LogP contribution in [0.25, 0.3) is 0 Å². The predicted octanol–water partition coefficient (Wildman–Crippen LogP) is 3.47. The van der Waals surface area contributed by atoms with Gasteiger partial charge in [0, 0.05) is 17.1 Å². The maximum Gasteiger partial charge on any atom is 0.248 e. The monoisotopic (exact) mass is 467 g/mol. The summed E-state index contributed by atoms with van der Waals surface area (Å²) in [5.41, 5.74) is 6.00. The summed E-state index contributed by atoms with van der Waals surface area (Å²) in [6.45, 7) is 2.23. The van der Waals surface area contributed by atoms with Crippen LogP contribution in [0.3, 0.4) is 0 Å². The Morgan fingerprint density at radius 2 is 1.68 bits per heavy atom. The molecule has 0 aliphatic carbocycles. The SMILES string of the molecule is Cc1cc(Cl)ccc1OCCCC(=O)NNC(=O)CSCC(=O)Nc1ccc(F)cc1. The van der Waals surface area contributed by atoms with Crippen molar-refractivity contribution in [2.24, 2.45) is 0 Å². The minimum atomic E-state index is -0.430.